The standard InChI is InChI=1S/C12H14F2N2O2/c1-11(2,3)16-9-7(8(15-16)10(17)18)5-4-6(5)12(9,13)14/h5-6H,4H2,1-3H3,(H,17,18)/t5?,6-/m1/s1. The molecule has 1 aromatic rings. The summed E-state index contributed by atoms with van der Waals surface area (Å²) in [7, 11) is 0. The number of fused-ring (bicyclic) bond motifs is 3. The zero-order valence-corrected chi connectivity index (χ0v) is 10.4. The normalized spacial score (nSPS) is 27.8. The lowest BCUT2D eigenvalue weighted by atomic mass is 10.1. The number of nitrogens with zero attached hydrogens (tertiary/aromatic N) is 2. The molecule has 1 saturated carbocycles. The minimum absolute atomic E-state index is 0.186. The molecular formula is C12H14F2N2O2. The van der Waals surface area contributed by atoms with Crippen LogP contribution in [-0.2, 0) is 11.5 Å². The maximum atomic E-state index is 14.2. The van der Waals surface area contributed by atoms with E-state index in [0.717, 1.165) is 0 Å². The van der Waals surface area contributed by atoms with Crippen molar-refractivity contribution in [3.8, 4) is 0 Å². The van der Waals surface area contributed by atoms with E-state index in [1.807, 2.05) is 0 Å². The first-order valence-electron chi connectivity index (χ1n) is 5.90. The van der Waals surface area contributed by atoms with Crippen molar-refractivity contribution in [1.29, 1.82) is 0 Å². The van der Waals surface area contributed by atoms with Gasteiger partial charge in [0, 0.05) is 11.5 Å². The first-order chi connectivity index (χ1) is 8.15. The Hall–Kier alpha value is -1.46. The van der Waals surface area contributed by atoms with Crippen LogP contribution >= 0.6 is 0 Å². The van der Waals surface area contributed by atoms with Gasteiger partial charge in [0.2, 0.25) is 0 Å². The third kappa shape index (κ3) is 1.23. The minimum Gasteiger partial charge on any atom is -0.476 e. The smallest absolute Gasteiger partial charge is 0.356 e. The average molecular weight is 256 g/mol. The van der Waals surface area contributed by atoms with Gasteiger partial charge >= 0.3 is 5.97 Å². The Labute approximate surface area is 103 Å². The molecule has 1 unspecified atom stereocenters. The Morgan fingerprint density at radius 2 is 2.11 bits per heavy atom. The van der Waals surface area contributed by atoms with Crippen LogP contribution in [-0.4, -0.2) is 20.9 Å². The molecule has 2 aliphatic rings. The molecule has 0 radical (unpaired) electrons. The summed E-state index contributed by atoms with van der Waals surface area (Å²) in [4.78, 5) is 11.2. The monoisotopic (exact) mass is 256 g/mol. The lowest BCUT2D eigenvalue weighted by Gasteiger charge is -2.25. The molecule has 3 rings (SSSR count). The molecule has 1 fully saturated rings. The molecule has 4 nitrogen and oxygen atoms in total. The van der Waals surface area contributed by atoms with Crippen LogP contribution in [0.4, 0.5) is 8.78 Å². The van der Waals surface area contributed by atoms with Gasteiger partial charge in [0.15, 0.2) is 5.69 Å². The SMILES string of the molecule is CC(C)(C)n1nc(C(=O)O)c2c1C(F)(F)[C@@H]1CC21. The Morgan fingerprint density at radius 3 is 2.61 bits per heavy atom. The highest BCUT2D eigenvalue weighted by Gasteiger charge is 2.67. The van der Waals surface area contributed by atoms with Crippen LogP contribution in [0.5, 0.6) is 0 Å². The van der Waals surface area contributed by atoms with Crippen LogP contribution in [0.3, 0.4) is 0 Å². The van der Waals surface area contributed by atoms with Crippen molar-refractivity contribution in [1.82, 2.24) is 9.78 Å². The van der Waals surface area contributed by atoms with E-state index >= 15 is 0 Å². The fourth-order valence-electron chi connectivity index (χ4n) is 2.84. The fourth-order valence-corrected chi connectivity index (χ4v) is 2.84. The molecule has 1 N–H and O–H groups in total. The summed E-state index contributed by atoms with van der Waals surface area (Å²) in [6.07, 6.45) is 0.371. The van der Waals surface area contributed by atoms with Crippen LogP contribution in [0, 0.1) is 5.92 Å². The number of carboxylic acid groups (broad SMARTS) is 1. The van der Waals surface area contributed by atoms with Crippen LogP contribution in [0.2, 0.25) is 0 Å². The van der Waals surface area contributed by atoms with Gasteiger partial charge in [0.05, 0.1) is 5.54 Å². The van der Waals surface area contributed by atoms with Crippen molar-refractivity contribution in [2.75, 3.05) is 0 Å². The lowest BCUT2D eigenvalue weighted by molar-refractivity contribution is -0.0342. The molecular weight excluding hydrogens is 242 g/mol. The summed E-state index contributed by atoms with van der Waals surface area (Å²) in [5.74, 6) is -5.22. The maximum absolute atomic E-state index is 14.2. The summed E-state index contributed by atoms with van der Waals surface area (Å²) in [6.45, 7) is 5.23. The van der Waals surface area contributed by atoms with Gasteiger partial charge in [-0.1, -0.05) is 0 Å². The van der Waals surface area contributed by atoms with Gasteiger partial charge in [-0.15, -0.1) is 0 Å². The third-order valence-corrected chi connectivity index (χ3v) is 3.70. The number of carboxylic acids is 1. The average Bonchev–Trinajstić information content (AvgIpc) is 2.82. The van der Waals surface area contributed by atoms with Gasteiger partial charge in [-0.3, -0.25) is 4.68 Å². The highest BCUT2D eigenvalue weighted by Crippen LogP contribution is 2.67. The van der Waals surface area contributed by atoms with Gasteiger partial charge < -0.3 is 5.11 Å². The van der Waals surface area contributed by atoms with Crippen LogP contribution in [0.25, 0.3) is 0 Å². The van der Waals surface area contributed by atoms with Crippen molar-refractivity contribution in [2.45, 2.75) is 44.6 Å². The largest absolute Gasteiger partial charge is 0.476 e. The molecule has 0 bridgehead atoms. The molecule has 0 aromatic carbocycles. The molecule has 1 aromatic heterocycles. The summed E-state index contributed by atoms with van der Waals surface area (Å²) in [6, 6.07) is 0. The van der Waals surface area contributed by atoms with E-state index in [9.17, 15) is 13.6 Å². The number of hydrogen-bond donors (Lipinski definition) is 1. The van der Waals surface area contributed by atoms with Crippen molar-refractivity contribution < 1.29 is 18.7 Å². The Bertz CT molecular complexity index is 557. The molecule has 0 amide bonds. The van der Waals surface area contributed by atoms with Gasteiger partial charge in [-0.25, -0.2) is 4.79 Å². The van der Waals surface area contributed by atoms with Gasteiger partial charge in [-0.2, -0.15) is 13.9 Å². The number of rotatable bonds is 1. The van der Waals surface area contributed by atoms with E-state index in [2.05, 4.69) is 5.10 Å². The van der Waals surface area contributed by atoms with Crippen molar-refractivity contribution in [3.63, 3.8) is 0 Å². The fraction of sp³-hybridized carbons (Fsp3) is 0.667. The van der Waals surface area contributed by atoms with Crippen molar-refractivity contribution >= 4 is 5.97 Å². The Balaban J connectivity index is 2.29. The number of alkyl halides is 2. The topological polar surface area (TPSA) is 55.1 Å². The van der Waals surface area contributed by atoms with Gasteiger partial charge in [0.25, 0.3) is 5.92 Å². The zero-order chi connectivity index (χ0) is 13.5. The van der Waals surface area contributed by atoms with E-state index in [-0.39, 0.29) is 22.9 Å². The molecule has 1 heterocycles. The lowest BCUT2D eigenvalue weighted by Crippen LogP contribution is -2.30. The second-order valence-corrected chi connectivity index (χ2v) is 6.07. The number of carbonyl (C=O) groups is 1. The molecule has 18 heavy (non-hydrogen) atoms. The molecule has 0 saturated heterocycles. The summed E-state index contributed by atoms with van der Waals surface area (Å²) in [5, 5.41) is 13.0. The van der Waals surface area contributed by atoms with Crippen LogP contribution in [0.1, 0.15) is 54.9 Å². The maximum Gasteiger partial charge on any atom is 0.356 e. The van der Waals surface area contributed by atoms with E-state index in [4.69, 9.17) is 5.11 Å². The predicted octanol–water partition coefficient (Wildman–Crippen LogP) is 2.55. The van der Waals surface area contributed by atoms with Crippen molar-refractivity contribution in [3.05, 3.63) is 17.0 Å². The van der Waals surface area contributed by atoms with Gasteiger partial charge in [0.1, 0.15) is 5.69 Å². The van der Waals surface area contributed by atoms with Crippen molar-refractivity contribution in [2.24, 2.45) is 5.92 Å². The van der Waals surface area contributed by atoms with E-state index in [1.165, 1.54) is 4.68 Å². The number of aromatic carboxylic acids is 1. The molecule has 2 aliphatic carbocycles. The molecule has 6 heteroatoms. The van der Waals surface area contributed by atoms with Crippen LogP contribution < -0.4 is 0 Å². The quantitative estimate of drug-likeness (QED) is 0.840. The van der Waals surface area contributed by atoms with Gasteiger partial charge in [-0.05, 0) is 33.1 Å². The van der Waals surface area contributed by atoms with E-state index in [0.29, 0.717) is 6.42 Å². The number of hydrogen-bond acceptors (Lipinski definition) is 2. The molecule has 0 aliphatic heterocycles. The first kappa shape index (κ1) is 11.6. The summed E-state index contributed by atoms with van der Waals surface area (Å²) in [5.41, 5.74) is -0.788. The number of halogens is 2. The molecule has 0 spiro atoms. The van der Waals surface area contributed by atoms with E-state index < -0.39 is 23.3 Å². The Morgan fingerprint density at radius 1 is 1.50 bits per heavy atom. The highest BCUT2D eigenvalue weighted by molar-refractivity contribution is 5.88. The zero-order valence-electron chi connectivity index (χ0n) is 10.4. The second-order valence-electron chi connectivity index (χ2n) is 6.07. The predicted molar refractivity (Wildman–Crippen MR) is 58.9 cm³/mol. The minimum atomic E-state index is -2.95. The highest BCUT2D eigenvalue weighted by atomic mass is 19.3. The van der Waals surface area contributed by atoms with E-state index in [1.54, 1.807) is 20.8 Å². The Kier molecular flexibility index (Phi) is 1.89. The second kappa shape index (κ2) is 2.92. The first-order valence-corrected chi connectivity index (χ1v) is 5.90. The molecule has 98 valence electrons. The number of aromatic nitrogens is 2. The summed E-state index contributed by atoms with van der Waals surface area (Å²) < 4.78 is 29.6. The summed E-state index contributed by atoms with van der Waals surface area (Å²) >= 11 is 0. The molecule has 2 atom stereocenters. The third-order valence-electron chi connectivity index (χ3n) is 3.70. The van der Waals surface area contributed by atoms with Crippen LogP contribution in [0.15, 0.2) is 0 Å².